The second-order valence-corrected chi connectivity index (χ2v) is 5.36. The molecule has 17 heavy (non-hydrogen) atoms. The van der Waals surface area contributed by atoms with Crippen LogP contribution in [0.3, 0.4) is 0 Å². The Morgan fingerprint density at radius 1 is 1.35 bits per heavy atom. The molecule has 0 saturated heterocycles. The topological polar surface area (TPSA) is 35.2 Å². The Hall–Kier alpha value is -0.860. The van der Waals surface area contributed by atoms with Gasteiger partial charge in [0.15, 0.2) is 0 Å². The molecular weight excluding hydrogens is 210 g/mol. The van der Waals surface area contributed by atoms with Crippen LogP contribution in [0.25, 0.3) is 0 Å². The van der Waals surface area contributed by atoms with Gasteiger partial charge in [0.2, 0.25) is 0 Å². The first-order chi connectivity index (χ1) is 7.98. The molecule has 0 aromatic heterocycles. The summed E-state index contributed by atoms with van der Waals surface area (Å²) in [4.78, 5) is 0. The molecule has 1 atom stereocenters. The maximum absolute atomic E-state index is 5.61. The van der Waals surface area contributed by atoms with Crippen LogP contribution in [0.5, 0.6) is 0 Å². The molecule has 2 nitrogen and oxygen atoms in total. The number of hydrogen-bond acceptors (Lipinski definition) is 2. The number of hydrogen-bond donors (Lipinski definition) is 1. The fourth-order valence-electron chi connectivity index (χ4n) is 1.99. The number of benzene rings is 1. The summed E-state index contributed by atoms with van der Waals surface area (Å²) in [5, 5.41) is 0. The highest BCUT2D eigenvalue weighted by molar-refractivity contribution is 5.27. The Morgan fingerprint density at radius 3 is 2.65 bits per heavy atom. The first-order valence-electron chi connectivity index (χ1n) is 6.32. The standard InChI is InChI=1S/C15H25NO/c1-12(8-9-16)14-7-5-6-13(10-14)11-15(2,3)17-4/h5-7,10,12H,8-9,11,16H2,1-4H3. The van der Waals surface area contributed by atoms with E-state index in [1.165, 1.54) is 11.1 Å². The van der Waals surface area contributed by atoms with E-state index in [0.717, 1.165) is 19.4 Å². The van der Waals surface area contributed by atoms with Crippen molar-refractivity contribution in [2.24, 2.45) is 5.73 Å². The molecule has 0 bridgehead atoms. The van der Waals surface area contributed by atoms with Gasteiger partial charge in [-0.25, -0.2) is 0 Å². The predicted molar refractivity (Wildman–Crippen MR) is 73.3 cm³/mol. The lowest BCUT2D eigenvalue weighted by Gasteiger charge is -2.23. The fourth-order valence-corrected chi connectivity index (χ4v) is 1.99. The lowest BCUT2D eigenvalue weighted by molar-refractivity contribution is 0.0232. The third kappa shape index (κ3) is 4.49. The number of rotatable bonds is 6. The lowest BCUT2D eigenvalue weighted by atomic mass is 9.92. The van der Waals surface area contributed by atoms with E-state index in [4.69, 9.17) is 10.5 Å². The smallest absolute Gasteiger partial charge is 0.0662 e. The lowest BCUT2D eigenvalue weighted by Crippen LogP contribution is -2.25. The van der Waals surface area contributed by atoms with E-state index in [9.17, 15) is 0 Å². The van der Waals surface area contributed by atoms with Gasteiger partial charge in [-0.1, -0.05) is 31.2 Å². The Balaban J connectivity index is 2.79. The van der Waals surface area contributed by atoms with Crippen LogP contribution in [0, 0.1) is 0 Å². The summed E-state index contributed by atoms with van der Waals surface area (Å²) in [6.07, 6.45) is 1.98. The molecule has 0 amide bonds. The Morgan fingerprint density at radius 2 is 2.06 bits per heavy atom. The quantitative estimate of drug-likeness (QED) is 0.822. The zero-order chi connectivity index (χ0) is 12.9. The maximum atomic E-state index is 5.61. The van der Waals surface area contributed by atoms with Gasteiger partial charge < -0.3 is 10.5 Å². The third-order valence-electron chi connectivity index (χ3n) is 3.30. The highest BCUT2D eigenvalue weighted by Gasteiger charge is 2.17. The minimum absolute atomic E-state index is 0.101. The molecule has 96 valence electrons. The minimum atomic E-state index is -0.101. The SMILES string of the molecule is COC(C)(C)Cc1cccc(C(C)CCN)c1. The molecule has 0 aliphatic carbocycles. The monoisotopic (exact) mass is 235 g/mol. The van der Waals surface area contributed by atoms with Gasteiger partial charge in [-0.2, -0.15) is 0 Å². The first kappa shape index (κ1) is 14.2. The van der Waals surface area contributed by atoms with Crippen LogP contribution in [0.15, 0.2) is 24.3 Å². The van der Waals surface area contributed by atoms with Crippen molar-refractivity contribution in [3.63, 3.8) is 0 Å². The highest BCUT2D eigenvalue weighted by atomic mass is 16.5. The highest BCUT2D eigenvalue weighted by Crippen LogP contribution is 2.22. The summed E-state index contributed by atoms with van der Waals surface area (Å²) >= 11 is 0. The Labute approximate surface area is 105 Å². The Kier molecular flexibility index (Phi) is 5.16. The molecule has 0 spiro atoms. The van der Waals surface area contributed by atoms with Crippen molar-refractivity contribution in [1.82, 2.24) is 0 Å². The van der Waals surface area contributed by atoms with Gasteiger partial charge in [0, 0.05) is 13.5 Å². The van der Waals surface area contributed by atoms with E-state index in [1.54, 1.807) is 7.11 Å². The summed E-state index contributed by atoms with van der Waals surface area (Å²) in [6, 6.07) is 8.76. The molecule has 2 N–H and O–H groups in total. The van der Waals surface area contributed by atoms with Crippen LogP contribution in [0.4, 0.5) is 0 Å². The normalized spacial score (nSPS) is 13.7. The van der Waals surface area contributed by atoms with Crippen LogP contribution in [0.2, 0.25) is 0 Å². The maximum Gasteiger partial charge on any atom is 0.0662 e. The molecule has 1 aromatic carbocycles. The molecule has 0 aliphatic heterocycles. The van der Waals surface area contributed by atoms with Crippen molar-refractivity contribution in [2.75, 3.05) is 13.7 Å². The van der Waals surface area contributed by atoms with Gasteiger partial charge in [-0.3, -0.25) is 0 Å². The van der Waals surface area contributed by atoms with Crippen LogP contribution in [0.1, 0.15) is 44.2 Å². The molecule has 0 fully saturated rings. The molecule has 1 rings (SSSR count). The van der Waals surface area contributed by atoms with Gasteiger partial charge in [0.25, 0.3) is 0 Å². The van der Waals surface area contributed by atoms with E-state index >= 15 is 0 Å². The van der Waals surface area contributed by atoms with Crippen molar-refractivity contribution >= 4 is 0 Å². The van der Waals surface area contributed by atoms with Crippen molar-refractivity contribution in [3.05, 3.63) is 35.4 Å². The van der Waals surface area contributed by atoms with Gasteiger partial charge >= 0.3 is 0 Å². The van der Waals surface area contributed by atoms with E-state index in [1.807, 2.05) is 0 Å². The van der Waals surface area contributed by atoms with Crippen molar-refractivity contribution in [1.29, 1.82) is 0 Å². The van der Waals surface area contributed by atoms with Crippen LogP contribution in [-0.4, -0.2) is 19.3 Å². The minimum Gasteiger partial charge on any atom is -0.378 e. The Bertz CT molecular complexity index is 347. The molecule has 2 heteroatoms. The molecule has 1 unspecified atom stereocenters. The van der Waals surface area contributed by atoms with Crippen molar-refractivity contribution in [3.8, 4) is 0 Å². The first-order valence-corrected chi connectivity index (χ1v) is 6.32. The zero-order valence-corrected chi connectivity index (χ0v) is 11.5. The largest absolute Gasteiger partial charge is 0.378 e. The molecule has 1 aromatic rings. The van der Waals surface area contributed by atoms with E-state index < -0.39 is 0 Å². The summed E-state index contributed by atoms with van der Waals surface area (Å²) in [6.45, 7) is 7.20. The van der Waals surface area contributed by atoms with E-state index in [-0.39, 0.29) is 5.60 Å². The summed E-state index contributed by atoms with van der Waals surface area (Å²) in [7, 11) is 1.76. The average molecular weight is 235 g/mol. The van der Waals surface area contributed by atoms with Gasteiger partial charge in [-0.05, 0) is 43.9 Å². The van der Waals surface area contributed by atoms with Crippen molar-refractivity contribution < 1.29 is 4.74 Å². The summed E-state index contributed by atoms with van der Waals surface area (Å²) in [5.74, 6) is 0.533. The second kappa shape index (κ2) is 6.18. The van der Waals surface area contributed by atoms with Crippen LogP contribution < -0.4 is 5.73 Å². The molecular formula is C15H25NO. The number of methoxy groups -OCH3 is 1. The van der Waals surface area contributed by atoms with Crippen molar-refractivity contribution in [2.45, 2.75) is 45.1 Å². The average Bonchev–Trinajstić information content (AvgIpc) is 2.29. The fraction of sp³-hybridized carbons (Fsp3) is 0.600. The van der Waals surface area contributed by atoms with E-state index in [2.05, 4.69) is 45.0 Å². The molecule has 0 aliphatic rings. The predicted octanol–water partition coefficient (Wildman–Crippen LogP) is 3.11. The van der Waals surface area contributed by atoms with Gasteiger partial charge in [-0.15, -0.1) is 0 Å². The molecule has 0 saturated carbocycles. The van der Waals surface area contributed by atoms with Gasteiger partial charge in [0.05, 0.1) is 5.60 Å². The third-order valence-corrected chi connectivity index (χ3v) is 3.30. The second-order valence-electron chi connectivity index (χ2n) is 5.36. The number of ether oxygens (including phenoxy) is 1. The molecule has 0 radical (unpaired) electrons. The molecule has 0 heterocycles. The van der Waals surface area contributed by atoms with Crippen LogP contribution in [-0.2, 0) is 11.2 Å². The van der Waals surface area contributed by atoms with Gasteiger partial charge in [0.1, 0.15) is 0 Å². The van der Waals surface area contributed by atoms with E-state index in [0.29, 0.717) is 5.92 Å². The summed E-state index contributed by atoms with van der Waals surface area (Å²) < 4.78 is 5.47. The summed E-state index contributed by atoms with van der Waals surface area (Å²) in [5.41, 5.74) is 8.21. The zero-order valence-electron chi connectivity index (χ0n) is 11.5. The number of nitrogens with two attached hydrogens (primary N) is 1. The van der Waals surface area contributed by atoms with Crippen LogP contribution >= 0.6 is 0 Å².